The molecule has 0 saturated carbocycles. The molecule has 0 saturated heterocycles. The number of anilines is 1. The Labute approximate surface area is 91.1 Å². The molecule has 15 heavy (non-hydrogen) atoms. The standard InChI is InChI=1S/C12H19NO2/c1-4-12(2,14)9-13-10-5-7-11(15-3)8-6-10/h5-8,13-14H,4,9H2,1-3H3. The maximum atomic E-state index is 9.80. The van der Waals surface area contributed by atoms with Crippen LogP contribution in [-0.2, 0) is 0 Å². The monoisotopic (exact) mass is 209 g/mol. The molecule has 3 nitrogen and oxygen atoms in total. The average molecular weight is 209 g/mol. The summed E-state index contributed by atoms with van der Waals surface area (Å²) in [5.74, 6) is 0.836. The van der Waals surface area contributed by atoms with E-state index in [-0.39, 0.29) is 0 Å². The summed E-state index contributed by atoms with van der Waals surface area (Å²) in [6.45, 7) is 4.34. The van der Waals surface area contributed by atoms with Crippen LogP contribution in [0.15, 0.2) is 24.3 Å². The molecule has 1 aromatic carbocycles. The lowest BCUT2D eigenvalue weighted by molar-refractivity contribution is 0.0697. The molecule has 1 rings (SSSR count). The van der Waals surface area contributed by atoms with Crippen LogP contribution in [0.5, 0.6) is 5.75 Å². The molecular weight excluding hydrogens is 190 g/mol. The van der Waals surface area contributed by atoms with Gasteiger partial charge in [0.05, 0.1) is 12.7 Å². The van der Waals surface area contributed by atoms with Crippen LogP contribution >= 0.6 is 0 Å². The van der Waals surface area contributed by atoms with Crippen LogP contribution in [0.3, 0.4) is 0 Å². The Hall–Kier alpha value is -1.22. The Bertz CT molecular complexity index is 293. The van der Waals surface area contributed by atoms with Gasteiger partial charge in [0.25, 0.3) is 0 Å². The van der Waals surface area contributed by atoms with Crippen molar-refractivity contribution < 1.29 is 9.84 Å². The predicted octanol–water partition coefficient (Wildman–Crippen LogP) is 2.27. The van der Waals surface area contributed by atoms with Gasteiger partial charge in [-0.1, -0.05) is 6.92 Å². The van der Waals surface area contributed by atoms with E-state index >= 15 is 0 Å². The summed E-state index contributed by atoms with van der Waals surface area (Å²) < 4.78 is 5.06. The van der Waals surface area contributed by atoms with Gasteiger partial charge in [0, 0.05) is 12.2 Å². The lowest BCUT2D eigenvalue weighted by atomic mass is 10.0. The molecule has 84 valence electrons. The second kappa shape index (κ2) is 5.03. The average Bonchev–Trinajstić information content (AvgIpc) is 2.27. The summed E-state index contributed by atoms with van der Waals surface area (Å²) >= 11 is 0. The lowest BCUT2D eigenvalue weighted by Crippen LogP contribution is -2.32. The summed E-state index contributed by atoms with van der Waals surface area (Å²) in [6, 6.07) is 7.65. The molecular formula is C12H19NO2. The third kappa shape index (κ3) is 3.80. The van der Waals surface area contributed by atoms with E-state index in [1.54, 1.807) is 7.11 Å². The van der Waals surface area contributed by atoms with Crippen molar-refractivity contribution in [3.05, 3.63) is 24.3 Å². The molecule has 0 bridgehead atoms. The topological polar surface area (TPSA) is 41.5 Å². The zero-order valence-electron chi connectivity index (χ0n) is 9.58. The first kappa shape index (κ1) is 11.9. The molecule has 1 aromatic rings. The van der Waals surface area contributed by atoms with Gasteiger partial charge < -0.3 is 15.2 Å². The second-order valence-electron chi connectivity index (χ2n) is 3.93. The molecule has 0 fully saturated rings. The van der Waals surface area contributed by atoms with Gasteiger partial charge >= 0.3 is 0 Å². The van der Waals surface area contributed by atoms with Crippen LogP contribution in [-0.4, -0.2) is 24.4 Å². The minimum Gasteiger partial charge on any atom is -0.497 e. The fourth-order valence-electron chi connectivity index (χ4n) is 1.13. The number of hydrogen-bond acceptors (Lipinski definition) is 3. The van der Waals surface area contributed by atoms with Crippen LogP contribution in [0.2, 0.25) is 0 Å². The van der Waals surface area contributed by atoms with E-state index in [9.17, 15) is 5.11 Å². The fourth-order valence-corrected chi connectivity index (χ4v) is 1.13. The summed E-state index contributed by atoms with van der Waals surface area (Å²) in [4.78, 5) is 0. The highest BCUT2D eigenvalue weighted by Crippen LogP contribution is 2.16. The van der Waals surface area contributed by atoms with E-state index in [4.69, 9.17) is 4.74 Å². The molecule has 1 unspecified atom stereocenters. The fraction of sp³-hybridized carbons (Fsp3) is 0.500. The Balaban J connectivity index is 2.51. The molecule has 3 heteroatoms. The van der Waals surface area contributed by atoms with Gasteiger partial charge in [0.15, 0.2) is 0 Å². The van der Waals surface area contributed by atoms with Crippen LogP contribution in [0.1, 0.15) is 20.3 Å². The molecule has 0 radical (unpaired) electrons. The molecule has 0 heterocycles. The summed E-state index contributed by atoms with van der Waals surface area (Å²) in [6.07, 6.45) is 0.732. The van der Waals surface area contributed by atoms with Gasteiger partial charge in [-0.3, -0.25) is 0 Å². The third-order valence-corrected chi connectivity index (χ3v) is 2.53. The molecule has 0 aromatic heterocycles. The van der Waals surface area contributed by atoms with Crippen LogP contribution < -0.4 is 10.1 Å². The first-order valence-corrected chi connectivity index (χ1v) is 5.18. The number of nitrogens with one attached hydrogen (secondary N) is 1. The maximum Gasteiger partial charge on any atom is 0.119 e. The molecule has 0 amide bonds. The van der Waals surface area contributed by atoms with Gasteiger partial charge in [0.1, 0.15) is 5.75 Å². The zero-order valence-corrected chi connectivity index (χ0v) is 9.58. The van der Waals surface area contributed by atoms with Crippen LogP contribution in [0.25, 0.3) is 0 Å². The number of hydrogen-bond donors (Lipinski definition) is 2. The highest BCUT2D eigenvalue weighted by atomic mass is 16.5. The molecule has 0 aliphatic carbocycles. The smallest absolute Gasteiger partial charge is 0.119 e. The van der Waals surface area contributed by atoms with Crippen LogP contribution in [0, 0.1) is 0 Å². The van der Waals surface area contributed by atoms with E-state index in [2.05, 4.69) is 5.32 Å². The summed E-state index contributed by atoms with van der Waals surface area (Å²) in [5, 5.41) is 13.0. The zero-order chi connectivity index (χ0) is 11.3. The van der Waals surface area contributed by atoms with E-state index < -0.39 is 5.60 Å². The highest BCUT2D eigenvalue weighted by Gasteiger charge is 2.16. The van der Waals surface area contributed by atoms with Crippen molar-refractivity contribution in [2.45, 2.75) is 25.9 Å². The van der Waals surface area contributed by atoms with Crippen molar-refractivity contribution in [3.8, 4) is 5.75 Å². The van der Waals surface area contributed by atoms with Crippen molar-refractivity contribution in [1.82, 2.24) is 0 Å². The van der Waals surface area contributed by atoms with Gasteiger partial charge in [0.2, 0.25) is 0 Å². The molecule has 0 spiro atoms. The Morgan fingerprint density at radius 1 is 1.33 bits per heavy atom. The molecule has 2 N–H and O–H groups in total. The molecule has 0 aliphatic rings. The van der Waals surface area contributed by atoms with Crippen LogP contribution in [0.4, 0.5) is 5.69 Å². The van der Waals surface area contributed by atoms with Crippen molar-refractivity contribution in [2.75, 3.05) is 19.0 Å². The van der Waals surface area contributed by atoms with E-state index in [0.29, 0.717) is 6.54 Å². The minimum atomic E-state index is -0.653. The summed E-state index contributed by atoms with van der Waals surface area (Å²) in [5.41, 5.74) is 0.337. The summed E-state index contributed by atoms with van der Waals surface area (Å²) in [7, 11) is 1.64. The first-order valence-electron chi connectivity index (χ1n) is 5.18. The van der Waals surface area contributed by atoms with Gasteiger partial charge in [-0.25, -0.2) is 0 Å². The van der Waals surface area contributed by atoms with E-state index in [0.717, 1.165) is 17.9 Å². The number of rotatable bonds is 5. The Morgan fingerprint density at radius 2 is 1.93 bits per heavy atom. The largest absolute Gasteiger partial charge is 0.497 e. The van der Waals surface area contributed by atoms with Crippen molar-refractivity contribution in [1.29, 1.82) is 0 Å². The molecule has 0 aliphatic heterocycles. The SMILES string of the molecule is CCC(C)(O)CNc1ccc(OC)cc1. The second-order valence-corrected chi connectivity index (χ2v) is 3.93. The van der Waals surface area contributed by atoms with E-state index in [1.807, 2.05) is 38.1 Å². The van der Waals surface area contributed by atoms with Crippen molar-refractivity contribution in [2.24, 2.45) is 0 Å². The quantitative estimate of drug-likeness (QED) is 0.781. The van der Waals surface area contributed by atoms with Crippen molar-refractivity contribution in [3.63, 3.8) is 0 Å². The van der Waals surface area contributed by atoms with Gasteiger partial charge in [-0.2, -0.15) is 0 Å². The lowest BCUT2D eigenvalue weighted by Gasteiger charge is -2.22. The molecule has 1 atom stereocenters. The highest BCUT2D eigenvalue weighted by molar-refractivity contribution is 5.46. The number of aliphatic hydroxyl groups is 1. The predicted molar refractivity (Wildman–Crippen MR) is 62.4 cm³/mol. The normalized spacial score (nSPS) is 14.4. The maximum absolute atomic E-state index is 9.80. The van der Waals surface area contributed by atoms with E-state index in [1.165, 1.54) is 0 Å². The minimum absolute atomic E-state index is 0.551. The first-order chi connectivity index (χ1) is 7.07. The Kier molecular flexibility index (Phi) is 3.97. The van der Waals surface area contributed by atoms with Gasteiger partial charge in [-0.15, -0.1) is 0 Å². The number of ether oxygens (including phenoxy) is 1. The van der Waals surface area contributed by atoms with Crippen molar-refractivity contribution >= 4 is 5.69 Å². The third-order valence-electron chi connectivity index (χ3n) is 2.53. The number of methoxy groups -OCH3 is 1. The number of benzene rings is 1. The van der Waals surface area contributed by atoms with Gasteiger partial charge in [-0.05, 0) is 37.6 Å². The Morgan fingerprint density at radius 3 is 2.40 bits per heavy atom.